The molecule has 0 aliphatic heterocycles. The molecule has 2 aromatic rings. The smallest absolute Gasteiger partial charge is 0.303 e. The molecule has 22 heavy (non-hydrogen) atoms. The highest BCUT2D eigenvalue weighted by Gasteiger charge is 2.33. The Hall–Kier alpha value is -2.96. The Morgan fingerprint density at radius 2 is 1.73 bits per heavy atom. The minimum atomic E-state index is -4.98. The van der Waals surface area contributed by atoms with Gasteiger partial charge in [-0.2, -0.15) is 13.2 Å². The molecule has 0 aliphatic rings. The van der Waals surface area contributed by atoms with E-state index in [0.717, 1.165) is 0 Å². The summed E-state index contributed by atoms with van der Waals surface area (Å²) in [5.74, 6) is -2.53. The molecular formula is C12H4F5N3O2. The van der Waals surface area contributed by atoms with Crippen molar-refractivity contribution in [2.45, 2.75) is 6.18 Å². The summed E-state index contributed by atoms with van der Waals surface area (Å²) in [7, 11) is 0. The highest BCUT2D eigenvalue weighted by atomic mass is 19.4. The van der Waals surface area contributed by atoms with Crippen LogP contribution in [-0.4, -0.2) is 9.55 Å². The first kappa shape index (κ1) is 15.4. The molecule has 0 bridgehead atoms. The summed E-state index contributed by atoms with van der Waals surface area (Å²) in [6.45, 7) is 6.59. The lowest BCUT2D eigenvalue weighted by atomic mass is 10.2. The molecule has 1 N–H and O–H groups in total. The van der Waals surface area contributed by atoms with Gasteiger partial charge in [0, 0.05) is 6.07 Å². The SMILES string of the molecule is [C-]#[N+]c1cc(F)c(-n2c(=O)cc(C(F)(F)F)[nH]c2=O)cc1F. The Balaban J connectivity index is 2.76. The quantitative estimate of drug-likeness (QED) is 0.648. The fourth-order valence-electron chi connectivity index (χ4n) is 1.66. The third-order valence-electron chi connectivity index (χ3n) is 2.62. The average molecular weight is 317 g/mol. The lowest BCUT2D eigenvalue weighted by Crippen LogP contribution is -2.36. The fourth-order valence-corrected chi connectivity index (χ4v) is 1.66. The van der Waals surface area contributed by atoms with E-state index in [4.69, 9.17) is 6.57 Å². The minimum Gasteiger partial charge on any atom is -0.303 e. The highest BCUT2D eigenvalue weighted by Crippen LogP contribution is 2.26. The Kier molecular flexibility index (Phi) is 3.58. The first-order valence-electron chi connectivity index (χ1n) is 5.45. The molecule has 0 aliphatic carbocycles. The van der Waals surface area contributed by atoms with E-state index in [1.54, 1.807) is 0 Å². The van der Waals surface area contributed by atoms with Crippen molar-refractivity contribution in [2.24, 2.45) is 0 Å². The number of H-pyrrole nitrogens is 1. The molecule has 0 unspecified atom stereocenters. The predicted molar refractivity (Wildman–Crippen MR) is 63.8 cm³/mol. The van der Waals surface area contributed by atoms with Crippen molar-refractivity contribution in [3.05, 3.63) is 67.8 Å². The minimum absolute atomic E-state index is 0.00137. The van der Waals surface area contributed by atoms with Crippen LogP contribution >= 0.6 is 0 Å². The summed E-state index contributed by atoms with van der Waals surface area (Å²) < 4.78 is 64.5. The van der Waals surface area contributed by atoms with E-state index in [0.29, 0.717) is 12.1 Å². The van der Waals surface area contributed by atoms with E-state index in [1.165, 1.54) is 4.98 Å². The van der Waals surface area contributed by atoms with Gasteiger partial charge in [-0.1, -0.05) is 0 Å². The van der Waals surface area contributed by atoms with E-state index >= 15 is 0 Å². The van der Waals surface area contributed by atoms with Crippen molar-refractivity contribution in [1.82, 2.24) is 9.55 Å². The van der Waals surface area contributed by atoms with E-state index in [2.05, 4.69) is 4.85 Å². The van der Waals surface area contributed by atoms with Gasteiger partial charge in [-0.15, -0.1) is 0 Å². The monoisotopic (exact) mass is 317 g/mol. The van der Waals surface area contributed by atoms with E-state index in [-0.39, 0.29) is 10.6 Å². The van der Waals surface area contributed by atoms with Crippen LogP contribution in [0.2, 0.25) is 0 Å². The third-order valence-corrected chi connectivity index (χ3v) is 2.62. The summed E-state index contributed by atoms with van der Waals surface area (Å²) in [5.41, 5.74) is -6.29. The molecular weight excluding hydrogens is 313 g/mol. The van der Waals surface area contributed by atoms with Crippen LogP contribution in [0, 0.1) is 18.2 Å². The maximum Gasteiger partial charge on any atom is 0.431 e. The van der Waals surface area contributed by atoms with E-state index < -0.39 is 46.1 Å². The van der Waals surface area contributed by atoms with Crippen molar-refractivity contribution >= 4 is 5.69 Å². The molecule has 0 amide bonds. The zero-order valence-corrected chi connectivity index (χ0v) is 10.3. The topological polar surface area (TPSA) is 59.2 Å². The van der Waals surface area contributed by atoms with Crippen molar-refractivity contribution in [2.75, 3.05) is 0 Å². The Labute approximate surface area is 118 Å². The first-order chi connectivity index (χ1) is 10.1. The van der Waals surface area contributed by atoms with Gasteiger partial charge < -0.3 is 4.98 Å². The standard InChI is InChI=1S/C12H4F5N3O2/c1-18-7-2-6(14)8(3-5(7)13)20-10(21)4-9(12(15,16)17)19-11(20)22/h2-4H,(H,19,22). The van der Waals surface area contributed by atoms with E-state index in [9.17, 15) is 31.5 Å². The second kappa shape index (κ2) is 5.10. The van der Waals surface area contributed by atoms with Crippen LogP contribution in [0.1, 0.15) is 5.69 Å². The van der Waals surface area contributed by atoms with Gasteiger partial charge in [0.2, 0.25) is 5.69 Å². The van der Waals surface area contributed by atoms with Gasteiger partial charge in [-0.05, 0) is 12.1 Å². The number of benzene rings is 1. The molecule has 0 spiro atoms. The van der Waals surface area contributed by atoms with Crippen LogP contribution in [0.4, 0.5) is 27.6 Å². The van der Waals surface area contributed by atoms with Crippen LogP contribution in [0.15, 0.2) is 27.8 Å². The largest absolute Gasteiger partial charge is 0.431 e. The highest BCUT2D eigenvalue weighted by molar-refractivity contribution is 5.51. The number of rotatable bonds is 1. The number of nitrogens with one attached hydrogen (secondary N) is 1. The summed E-state index contributed by atoms with van der Waals surface area (Å²) in [5, 5.41) is 0. The summed E-state index contributed by atoms with van der Waals surface area (Å²) in [6.07, 6.45) is -4.98. The average Bonchev–Trinajstić information content (AvgIpc) is 2.40. The summed E-state index contributed by atoms with van der Waals surface area (Å²) in [4.78, 5) is 27.2. The van der Waals surface area contributed by atoms with Crippen molar-refractivity contribution in [3.8, 4) is 5.69 Å². The molecule has 114 valence electrons. The van der Waals surface area contributed by atoms with Crippen molar-refractivity contribution in [3.63, 3.8) is 0 Å². The molecule has 0 fully saturated rings. The normalized spacial score (nSPS) is 11.3. The zero-order valence-electron chi connectivity index (χ0n) is 10.3. The fraction of sp³-hybridized carbons (Fsp3) is 0.0833. The van der Waals surface area contributed by atoms with Gasteiger partial charge in [0.15, 0.2) is 0 Å². The number of hydrogen-bond acceptors (Lipinski definition) is 2. The lowest BCUT2D eigenvalue weighted by molar-refractivity contribution is -0.141. The first-order valence-corrected chi connectivity index (χ1v) is 5.45. The number of halogens is 5. The molecule has 0 atom stereocenters. The number of aromatic amines is 1. The van der Waals surface area contributed by atoms with E-state index in [1.807, 2.05) is 0 Å². The second-order valence-corrected chi connectivity index (χ2v) is 4.03. The van der Waals surface area contributed by atoms with Crippen LogP contribution in [0.25, 0.3) is 10.5 Å². The number of nitrogens with zero attached hydrogens (tertiary/aromatic N) is 2. The Morgan fingerprint density at radius 3 is 2.23 bits per heavy atom. The van der Waals surface area contributed by atoms with Gasteiger partial charge in [0.05, 0.1) is 12.3 Å². The molecule has 1 aromatic carbocycles. The molecule has 1 heterocycles. The Bertz CT molecular complexity index is 874. The maximum absolute atomic E-state index is 13.8. The van der Waals surface area contributed by atoms with Crippen molar-refractivity contribution in [1.29, 1.82) is 0 Å². The van der Waals surface area contributed by atoms with Crippen LogP contribution in [0.5, 0.6) is 0 Å². The van der Waals surface area contributed by atoms with Crippen LogP contribution in [-0.2, 0) is 6.18 Å². The summed E-state index contributed by atoms with van der Waals surface area (Å²) in [6, 6.07) is 0.856. The zero-order chi connectivity index (χ0) is 16.7. The number of hydrogen-bond donors (Lipinski definition) is 1. The van der Waals surface area contributed by atoms with Gasteiger partial charge >= 0.3 is 11.9 Å². The Morgan fingerprint density at radius 1 is 1.09 bits per heavy atom. The third kappa shape index (κ3) is 2.60. The molecule has 0 saturated heterocycles. The second-order valence-electron chi connectivity index (χ2n) is 4.03. The van der Waals surface area contributed by atoms with Crippen molar-refractivity contribution < 1.29 is 22.0 Å². The van der Waals surface area contributed by atoms with Crippen LogP contribution < -0.4 is 11.2 Å². The molecule has 10 heteroatoms. The van der Waals surface area contributed by atoms with Gasteiger partial charge in [0.1, 0.15) is 17.3 Å². The van der Waals surface area contributed by atoms with Gasteiger partial charge in [0.25, 0.3) is 5.56 Å². The molecule has 1 aromatic heterocycles. The van der Waals surface area contributed by atoms with Crippen LogP contribution in [0.3, 0.4) is 0 Å². The number of aromatic nitrogens is 2. The predicted octanol–water partition coefficient (Wildman–Crippen LogP) is 2.37. The summed E-state index contributed by atoms with van der Waals surface area (Å²) >= 11 is 0. The molecule has 0 saturated carbocycles. The molecule has 2 rings (SSSR count). The van der Waals surface area contributed by atoms with Gasteiger partial charge in [-0.25, -0.2) is 23.0 Å². The molecule has 0 radical (unpaired) electrons. The maximum atomic E-state index is 13.8. The lowest BCUT2D eigenvalue weighted by Gasteiger charge is -2.10. The van der Waals surface area contributed by atoms with Gasteiger partial charge in [-0.3, -0.25) is 4.79 Å². The molecule has 5 nitrogen and oxygen atoms in total. The number of alkyl halides is 3.